The summed E-state index contributed by atoms with van der Waals surface area (Å²) in [6.45, 7) is 2.12. The van der Waals surface area contributed by atoms with Gasteiger partial charge in [0.15, 0.2) is 5.82 Å². The Balaban J connectivity index is 2.38. The SMILES string of the molecule is CCCc1cc(NC)nc(-c2ccc(OC)nn2)n1. The monoisotopic (exact) mass is 259 g/mol. The van der Waals surface area contributed by atoms with Crippen LogP contribution < -0.4 is 10.1 Å². The van der Waals surface area contributed by atoms with E-state index < -0.39 is 0 Å². The summed E-state index contributed by atoms with van der Waals surface area (Å²) in [5.74, 6) is 1.83. The van der Waals surface area contributed by atoms with Gasteiger partial charge in [0.1, 0.15) is 11.5 Å². The minimum atomic E-state index is 0.474. The molecule has 1 N–H and O–H groups in total. The van der Waals surface area contributed by atoms with Crippen LogP contribution in [0.4, 0.5) is 5.82 Å². The standard InChI is InChI=1S/C13H17N5O/c1-4-5-9-8-11(14-2)16-13(15-9)10-6-7-12(19-3)18-17-10/h6-8H,4-5H2,1-3H3,(H,14,15,16). The lowest BCUT2D eigenvalue weighted by Crippen LogP contribution is -2.02. The maximum absolute atomic E-state index is 4.99. The van der Waals surface area contributed by atoms with E-state index in [1.807, 2.05) is 13.1 Å². The lowest BCUT2D eigenvalue weighted by Gasteiger charge is -2.06. The summed E-state index contributed by atoms with van der Waals surface area (Å²) < 4.78 is 4.99. The zero-order valence-corrected chi connectivity index (χ0v) is 11.3. The van der Waals surface area contributed by atoms with Gasteiger partial charge in [-0.15, -0.1) is 10.2 Å². The molecule has 100 valence electrons. The first-order valence-electron chi connectivity index (χ1n) is 6.20. The largest absolute Gasteiger partial charge is 0.480 e. The normalized spacial score (nSPS) is 10.3. The molecule has 0 unspecified atom stereocenters. The highest BCUT2D eigenvalue weighted by Gasteiger charge is 2.08. The Bertz CT molecular complexity index is 541. The first-order chi connectivity index (χ1) is 9.26. The molecule has 0 radical (unpaired) electrons. The maximum Gasteiger partial charge on any atom is 0.233 e. The van der Waals surface area contributed by atoms with E-state index in [1.165, 1.54) is 0 Å². The minimum Gasteiger partial charge on any atom is -0.480 e. The zero-order chi connectivity index (χ0) is 13.7. The van der Waals surface area contributed by atoms with Crippen molar-refractivity contribution in [3.63, 3.8) is 0 Å². The van der Waals surface area contributed by atoms with Crippen molar-refractivity contribution in [2.45, 2.75) is 19.8 Å². The predicted molar refractivity (Wildman–Crippen MR) is 73.2 cm³/mol. The number of nitrogens with zero attached hydrogens (tertiary/aromatic N) is 4. The van der Waals surface area contributed by atoms with Crippen LogP contribution in [-0.4, -0.2) is 34.3 Å². The molecule has 0 saturated carbocycles. The van der Waals surface area contributed by atoms with E-state index >= 15 is 0 Å². The molecular formula is C13H17N5O. The van der Waals surface area contributed by atoms with Gasteiger partial charge < -0.3 is 10.1 Å². The molecule has 0 aliphatic carbocycles. The Morgan fingerprint density at radius 3 is 2.63 bits per heavy atom. The van der Waals surface area contributed by atoms with Crippen LogP contribution in [0.15, 0.2) is 18.2 Å². The molecule has 2 heterocycles. The van der Waals surface area contributed by atoms with Crippen LogP contribution in [0, 0.1) is 0 Å². The summed E-state index contributed by atoms with van der Waals surface area (Å²) in [5.41, 5.74) is 1.63. The van der Waals surface area contributed by atoms with Crippen molar-refractivity contribution < 1.29 is 4.74 Å². The molecule has 0 aliphatic rings. The number of aryl methyl sites for hydroxylation is 1. The average Bonchev–Trinajstić information content (AvgIpc) is 2.47. The van der Waals surface area contributed by atoms with Crippen LogP contribution in [0.1, 0.15) is 19.0 Å². The van der Waals surface area contributed by atoms with E-state index in [4.69, 9.17) is 4.74 Å². The number of hydrogen-bond donors (Lipinski definition) is 1. The lowest BCUT2D eigenvalue weighted by atomic mass is 10.2. The highest BCUT2D eigenvalue weighted by atomic mass is 16.5. The van der Waals surface area contributed by atoms with Gasteiger partial charge >= 0.3 is 0 Å². The number of hydrogen-bond acceptors (Lipinski definition) is 6. The summed E-state index contributed by atoms with van der Waals surface area (Å²) in [4.78, 5) is 8.90. The van der Waals surface area contributed by atoms with Crippen LogP contribution in [0.25, 0.3) is 11.5 Å². The van der Waals surface area contributed by atoms with Gasteiger partial charge in [-0.05, 0) is 12.5 Å². The van der Waals surface area contributed by atoms with Crippen LogP contribution in [0.5, 0.6) is 5.88 Å². The summed E-state index contributed by atoms with van der Waals surface area (Å²) in [6, 6.07) is 5.50. The highest BCUT2D eigenvalue weighted by molar-refractivity contribution is 5.52. The second-order valence-corrected chi connectivity index (χ2v) is 4.03. The Morgan fingerprint density at radius 1 is 1.21 bits per heavy atom. The molecule has 19 heavy (non-hydrogen) atoms. The number of ether oxygens (including phenoxy) is 1. The fourth-order valence-electron chi connectivity index (χ4n) is 1.67. The fraction of sp³-hybridized carbons (Fsp3) is 0.385. The van der Waals surface area contributed by atoms with Crippen molar-refractivity contribution in [1.29, 1.82) is 0 Å². The van der Waals surface area contributed by atoms with E-state index in [-0.39, 0.29) is 0 Å². The summed E-state index contributed by atoms with van der Waals surface area (Å²) in [7, 11) is 3.39. The number of aromatic nitrogens is 4. The first-order valence-corrected chi connectivity index (χ1v) is 6.20. The van der Waals surface area contributed by atoms with E-state index in [9.17, 15) is 0 Å². The van der Waals surface area contributed by atoms with E-state index in [1.54, 1.807) is 19.2 Å². The Hall–Kier alpha value is -2.24. The van der Waals surface area contributed by atoms with Crippen LogP contribution in [0.3, 0.4) is 0 Å². The number of anilines is 1. The third kappa shape index (κ3) is 3.15. The van der Waals surface area contributed by atoms with Gasteiger partial charge in [0.25, 0.3) is 0 Å². The molecule has 0 aromatic carbocycles. The molecule has 0 spiro atoms. The van der Waals surface area contributed by atoms with Crippen LogP contribution >= 0.6 is 0 Å². The molecule has 0 saturated heterocycles. The predicted octanol–water partition coefficient (Wildman–Crippen LogP) is 1.94. The van der Waals surface area contributed by atoms with Gasteiger partial charge in [-0.1, -0.05) is 13.3 Å². The van der Waals surface area contributed by atoms with Crippen molar-refractivity contribution in [3.05, 3.63) is 23.9 Å². The van der Waals surface area contributed by atoms with E-state index in [2.05, 4.69) is 32.4 Å². The van der Waals surface area contributed by atoms with Crippen molar-refractivity contribution >= 4 is 5.82 Å². The molecule has 0 fully saturated rings. The van der Waals surface area contributed by atoms with E-state index in [0.717, 1.165) is 24.4 Å². The molecule has 0 aliphatic heterocycles. The smallest absolute Gasteiger partial charge is 0.233 e. The van der Waals surface area contributed by atoms with Gasteiger partial charge in [-0.3, -0.25) is 0 Å². The van der Waals surface area contributed by atoms with Gasteiger partial charge in [-0.25, -0.2) is 9.97 Å². The third-order valence-corrected chi connectivity index (χ3v) is 2.62. The molecule has 6 heteroatoms. The highest BCUT2D eigenvalue weighted by Crippen LogP contribution is 2.17. The molecule has 0 amide bonds. The van der Waals surface area contributed by atoms with Crippen LogP contribution in [0.2, 0.25) is 0 Å². The molecule has 2 aromatic heterocycles. The summed E-state index contributed by atoms with van der Waals surface area (Å²) in [5, 5.41) is 11.0. The first kappa shape index (κ1) is 13.2. The molecule has 2 rings (SSSR count). The van der Waals surface area contributed by atoms with Crippen molar-refractivity contribution in [3.8, 4) is 17.4 Å². The Kier molecular flexibility index (Phi) is 4.22. The topological polar surface area (TPSA) is 72.8 Å². The molecular weight excluding hydrogens is 242 g/mol. The van der Waals surface area contributed by atoms with Gasteiger partial charge in [0.05, 0.1) is 7.11 Å². The number of methoxy groups -OCH3 is 1. The average molecular weight is 259 g/mol. The van der Waals surface area contributed by atoms with Gasteiger partial charge in [-0.2, -0.15) is 0 Å². The maximum atomic E-state index is 4.99. The van der Waals surface area contributed by atoms with Crippen molar-refractivity contribution in [1.82, 2.24) is 20.2 Å². The zero-order valence-electron chi connectivity index (χ0n) is 11.3. The summed E-state index contributed by atoms with van der Waals surface area (Å²) in [6.07, 6.45) is 1.95. The second-order valence-electron chi connectivity index (χ2n) is 4.03. The number of rotatable bonds is 5. The molecule has 6 nitrogen and oxygen atoms in total. The number of nitrogens with one attached hydrogen (secondary N) is 1. The molecule has 2 aromatic rings. The molecule has 0 bridgehead atoms. The quantitative estimate of drug-likeness (QED) is 0.884. The lowest BCUT2D eigenvalue weighted by molar-refractivity contribution is 0.392. The fourth-order valence-corrected chi connectivity index (χ4v) is 1.67. The second kappa shape index (κ2) is 6.08. The minimum absolute atomic E-state index is 0.474. The Morgan fingerprint density at radius 2 is 2.05 bits per heavy atom. The summed E-state index contributed by atoms with van der Waals surface area (Å²) >= 11 is 0. The third-order valence-electron chi connectivity index (χ3n) is 2.62. The van der Waals surface area contributed by atoms with E-state index in [0.29, 0.717) is 17.4 Å². The van der Waals surface area contributed by atoms with Crippen LogP contribution in [-0.2, 0) is 6.42 Å². The Labute approximate surface area is 112 Å². The van der Waals surface area contributed by atoms with Gasteiger partial charge in [0.2, 0.25) is 5.88 Å². The van der Waals surface area contributed by atoms with Gasteiger partial charge in [0, 0.05) is 24.9 Å². The van der Waals surface area contributed by atoms with Crippen molar-refractivity contribution in [2.75, 3.05) is 19.5 Å². The molecule has 0 atom stereocenters. The van der Waals surface area contributed by atoms with Crippen molar-refractivity contribution in [2.24, 2.45) is 0 Å².